The van der Waals surface area contributed by atoms with Crippen LogP contribution in [0.1, 0.15) is 59.6 Å². The van der Waals surface area contributed by atoms with Crippen LogP contribution in [0.5, 0.6) is 0 Å². The molecule has 4 aliphatic rings. The molecule has 0 bridgehead atoms. The second-order valence-corrected chi connectivity index (χ2v) is 8.77. The van der Waals surface area contributed by atoms with Gasteiger partial charge in [0.25, 0.3) is 0 Å². The maximum atomic E-state index is 6.00. The van der Waals surface area contributed by atoms with Gasteiger partial charge < -0.3 is 18.9 Å². The Bertz CT molecular complexity index is 1010. The fourth-order valence-corrected chi connectivity index (χ4v) is 5.33. The average molecular weight is 421 g/mol. The molecule has 2 aromatic rings. The van der Waals surface area contributed by atoms with E-state index in [9.17, 15) is 0 Å². The summed E-state index contributed by atoms with van der Waals surface area (Å²) in [6, 6.07) is 8.56. The van der Waals surface area contributed by atoms with Crippen molar-refractivity contribution in [3.05, 3.63) is 64.2 Å². The summed E-state index contributed by atoms with van der Waals surface area (Å²) in [5.74, 6) is -1.25. The molecule has 0 aromatic carbocycles. The van der Waals surface area contributed by atoms with E-state index in [-0.39, 0.29) is 0 Å². The van der Waals surface area contributed by atoms with Gasteiger partial charge in [0, 0.05) is 25.0 Å². The second kappa shape index (κ2) is 7.78. The van der Waals surface area contributed by atoms with Crippen LogP contribution < -0.4 is 0 Å². The van der Waals surface area contributed by atoms with E-state index in [0.717, 1.165) is 67.7 Å². The van der Waals surface area contributed by atoms with Gasteiger partial charge in [-0.05, 0) is 55.0 Å². The molecule has 31 heavy (non-hydrogen) atoms. The SMILES string of the molecule is C(=C\c1ccc2c(n1)C1(CCC2)OCCO1)/Cc1ccc2c(n1)C1(CCC2)OCCO1. The first kappa shape index (κ1) is 19.6. The maximum Gasteiger partial charge on any atom is 0.212 e. The number of hydrogen-bond acceptors (Lipinski definition) is 6. The molecular weight excluding hydrogens is 392 g/mol. The van der Waals surface area contributed by atoms with Gasteiger partial charge in [-0.15, -0.1) is 0 Å². The van der Waals surface area contributed by atoms with Crippen LogP contribution in [0.4, 0.5) is 0 Å². The van der Waals surface area contributed by atoms with Crippen molar-refractivity contribution >= 4 is 6.08 Å². The van der Waals surface area contributed by atoms with Gasteiger partial charge >= 0.3 is 0 Å². The zero-order valence-corrected chi connectivity index (χ0v) is 17.8. The van der Waals surface area contributed by atoms with Crippen LogP contribution in [0, 0.1) is 0 Å². The Balaban J connectivity index is 1.22. The topological polar surface area (TPSA) is 62.7 Å². The van der Waals surface area contributed by atoms with Crippen molar-refractivity contribution in [2.75, 3.05) is 26.4 Å². The van der Waals surface area contributed by atoms with Gasteiger partial charge in [0.15, 0.2) is 0 Å². The summed E-state index contributed by atoms with van der Waals surface area (Å²) in [7, 11) is 0. The van der Waals surface area contributed by atoms with E-state index in [1.54, 1.807) is 0 Å². The number of fused-ring (bicyclic) bond motifs is 4. The Hall–Kier alpha value is -2.12. The normalized spacial score (nSPS) is 23.5. The van der Waals surface area contributed by atoms with Crippen molar-refractivity contribution in [3.63, 3.8) is 0 Å². The third-order valence-electron chi connectivity index (χ3n) is 6.79. The van der Waals surface area contributed by atoms with Crippen LogP contribution in [0.15, 0.2) is 30.3 Å². The van der Waals surface area contributed by atoms with E-state index in [4.69, 9.17) is 28.9 Å². The first-order chi connectivity index (χ1) is 15.3. The highest BCUT2D eigenvalue weighted by Crippen LogP contribution is 2.42. The minimum Gasteiger partial charge on any atom is -0.342 e. The fourth-order valence-electron chi connectivity index (χ4n) is 5.33. The number of ether oxygens (including phenoxy) is 4. The van der Waals surface area contributed by atoms with E-state index < -0.39 is 11.6 Å². The Morgan fingerprint density at radius 2 is 1.32 bits per heavy atom. The Morgan fingerprint density at radius 3 is 1.97 bits per heavy atom. The predicted molar refractivity (Wildman–Crippen MR) is 114 cm³/mol. The van der Waals surface area contributed by atoms with E-state index >= 15 is 0 Å². The zero-order chi connectivity index (χ0) is 20.7. The highest BCUT2D eigenvalue weighted by molar-refractivity contribution is 5.47. The number of aromatic nitrogens is 2. The molecule has 6 nitrogen and oxygen atoms in total. The molecule has 6 rings (SSSR count). The fraction of sp³-hybridized carbons (Fsp3) is 0.520. The smallest absolute Gasteiger partial charge is 0.212 e. The molecule has 0 radical (unpaired) electrons. The molecule has 2 saturated heterocycles. The summed E-state index contributed by atoms with van der Waals surface area (Å²) < 4.78 is 24.0. The zero-order valence-electron chi connectivity index (χ0n) is 17.8. The Labute approximate surface area is 182 Å². The number of hydrogen-bond donors (Lipinski definition) is 0. The number of rotatable bonds is 3. The van der Waals surface area contributed by atoms with E-state index in [2.05, 4.69) is 36.4 Å². The van der Waals surface area contributed by atoms with Gasteiger partial charge in [-0.3, -0.25) is 4.98 Å². The molecule has 0 amide bonds. The summed E-state index contributed by atoms with van der Waals surface area (Å²) in [6.45, 7) is 2.56. The van der Waals surface area contributed by atoms with E-state index in [0.29, 0.717) is 26.4 Å². The number of aryl methyl sites for hydroxylation is 2. The first-order valence-electron chi connectivity index (χ1n) is 11.5. The number of allylic oxidation sites excluding steroid dienone is 1. The predicted octanol–water partition coefficient (Wildman–Crippen LogP) is 3.80. The molecule has 2 fully saturated rings. The van der Waals surface area contributed by atoms with Crippen molar-refractivity contribution < 1.29 is 18.9 Å². The molecule has 162 valence electrons. The van der Waals surface area contributed by atoms with Crippen LogP contribution in [0.3, 0.4) is 0 Å². The summed E-state index contributed by atoms with van der Waals surface area (Å²) >= 11 is 0. The third kappa shape index (κ3) is 3.42. The second-order valence-electron chi connectivity index (χ2n) is 8.77. The molecule has 2 aliphatic carbocycles. The van der Waals surface area contributed by atoms with Crippen LogP contribution in [0.25, 0.3) is 6.08 Å². The van der Waals surface area contributed by atoms with Crippen molar-refractivity contribution in [1.82, 2.24) is 9.97 Å². The molecule has 0 saturated carbocycles. The monoisotopic (exact) mass is 420 g/mol. The lowest BCUT2D eigenvalue weighted by atomic mass is 9.90. The van der Waals surface area contributed by atoms with E-state index in [1.807, 2.05) is 0 Å². The summed E-state index contributed by atoms with van der Waals surface area (Å²) in [4.78, 5) is 9.86. The highest BCUT2D eigenvalue weighted by atomic mass is 16.7. The Morgan fingerprint density at radius 1 is 0.742 bits per heavy atom. The van der Waals surface area contributed by atoms with Gasteiger partial charge in [-0.2, -0.15) is 0 Å². The molecular formula is C25H28N2O4. The Kier molecular flexibility index (Phi) is 4.91. The van der Waals surface area contributed by atoms with Gasteiger partial charge in [0.2, 0.25) is 11.6 Å². The summed E-state index contributed by atoms with van der Waals surface area (Å²) in [5, 5.41) is 0. The standard InChI is InChI=1S/C25H28N2O4/c1(6-20-10-8-18-4-2-12-24(22(18)26-20)28-14-15-29-24)7-21-11-9-19-5-3-13-25(23(19)27-21)30-16-17-31-25/h1,6,8-11H,2-5,7,12-17H2/b6-1+. The van der Waals surface area contributed by atoms with Crippen LogP contribution in [0.2, 0.25) is 0 Å². The molecule has 2 aliphatic heterocycles. The third-order valence-corrected chi connectivity index (χ3v) is 6.79. The van der Waals surface area contributed by atoms with Gasteiger partial charge in [-0.1, -0.05) is 18.2 Å². The molecule has 4 heterocycles. The lowest BCUT2D eigenvalue weighted by Gasteiger charge is -2.32. The summed E-state index contributed by atoms with van der Waals surface area (Å²) in [5.41, 5.74) is 6.38. The van der Waals surface area contributed by atoms with Gasteiger partial charge in [0.05, 0.1) is 32.1 Å². The van der Waals surface area contributed by atoms with Crippen LogP contribution in [-0.4, -0.2) is 36.4 Å². The number of nitrogens with zero attached hydrogens (tertiary/aromatic N) is 2. The van der Waals surface area contributed by atoms with Crippen LogP contribution in [-0.2, 0) is 49.8 Å². The van der Waals surface area contributed by atoms with Crippen molar-refractivity contribution in [3.8, 4) is 0 Å². The minimum absolute atomic E-state index is 0.622. The number of pyridine rings is 2. The van der Waals surface area contributed by atoms with E-state index in [1.165, 1.54) is 11.1 Å². The molecule has 0 N–H and O–H groups in total. The maximum absolute atomic E-state index is 6.00. The van der Waals surface area contributed by atoms with Gasteiger partial charge in [-0.25, -0.2) is 4.98 Å². The summed E-state index contributed by atoms with van der Waals surface area (Å²) in [6.07, 6.45) is 10.9. The average Bonchev–Trinajstić information content (AvgIpc) is 3.46. The molecule has 2 aromatic heterocycles. The lowest BCUT2D eigenvalue weighted by Crippen LogP contribution is -2.33. The highest BCUT2D eigenvalue weighted by Gasteiger charge is 2.44. The molecule has 0 atom stereocenters. The molecule has 0 unspecified atom stereocenters. The molecule has 2 spiro atoms. The van der Waals surface area contributed by atoms with Gasteiger partial charge in [0.1, 0.15) is 11.4 Å². The largest absolute Gasteiger partial charge is 0.342 e. The van der Waals surface area contributed by atoms with Crippen molar-refractivity contribution in [2.45, 2.75) is 56.5 Å². The first-order valence-corrected chi connectivity index (χ1v) is 11.5. The van der Waals surface area contributed by atoms with Crippen molar-refractivity contribution in [2.24, 2.45) is 0 Å². The van der Waals surface area contributed by atoms with Crippen molar-refractivity contribution in [1.29, 1.82) is 0 Å². The quantitative estimate of drug-likeness (QED) is 0.753. The minimum atomic E-state index is -0.632. The lowest BCUT2D eigenvalue weighted by molar-refractivity contribution is -0.178. The molecule has 6 heteroatoms. The van der Waals surface area contributed by atoms with Crippen LogP contribution >= 0.6 is 0 Å².